The van der Waals surface area contributed by atoms with Crippen LogP contribution in [-0.2, 0) is 5.41 Å². The highest BCUT2D eigenvalue weighted by atomic mass is 15.0. The zero-order chi connectivity index (χ0) is 23.6. The van der Waals surface area contributed by atoms with Crippen molar-refractivity contribution in [3.05, 3.63) is 126 Å². The standard InChI is InChI=1S/C33H26N2/c1-33(2)29-12-6-3-9-25(29)28-21-23(17-20-30(28)33)34-22-15-18-24(19-16-22)35-31-13-7-4-10-26(31)27-11-5-8-14-32(27)35/h3-21,34H,1-2H3. The molecular weight excluding hydrogens is 424 g/mol. The number of benzene rings is 5. The molecule has 0 saturated carbocycles. The first kappa shape index (κ1) is 20.1. The lowest BCUT2D eigenvalue weighted by atomic mass is 9.82. The monoisotopic (exact) mass is 450 g/mol. The van der Waals surface area contributed by atoms with E-state index in [4.69, 9.17) is 0 Å². The second-order valence-corrected chi connectivity index (χ2v) is 9.97. The highest BCUT2D eigenvalue weighted by Crippen LogP contribution is 2.49. The van der Waals surface area contributed by atoms with Crippen LogP contribution in [0.4, 0.5) is 11.4 Å². The molecule has 6 aromatic rings. The highest BCUT2D eigenvalue weighted by molar-refractivity contribution is 6.09. The molecule has 0 radical (unpaired) electrons. The van der Waals surface area contributed by atoms with Gasteiger partial charge in [0.25, 0.3) is 0 Å². The molecule has 0 unspecified atom stereocenters. The molecule has 2 nitrogen and oxygen atoms in total. The lowest BCUT2D eigenvalue weighted by molar-refractivity contribution is 0.660. The van der Waals surface area contributed by atoms with Crippen molar-refractivity contribution < 1.29 is 0 Å². The van der Waals surface area contributed by atoms with E-state index in [9.17, 15) is 0 Å². The molecule has 5 aromatic carbocycles. The van der Waals surface area contributed by atoms with Crippen LogP contribution in [0.2, 0.25) is 0 Å². The predicted molar refractivity (Wildman–Crippen MR) is 148 cm³/mol. The van der Waals surface area contributed by atoms with Crippen LogP contribution in [0, 0.1) is 0 Å². The molecule has 0 bridgehead atoms. The van der Waals surface area contributed by atoms with E-state index in [0.29, 0.717) is 0 Å². The number of hydrogen-bond acceptors (Lipinski definition) is 1. The van der Waals surface area contributed by atoms with Crippen molar-refractivity contribution in [3.63, 3.8) is 0 Å². The lowest BCUT2D eigenvalue weighted by Gasteiger charge is -2.21. The van der Waals surface area contributed by atoms with Crippen LogP contribution >= 0.6 is 0 Å². The van der Waals surface area contributed by atoms with E-state index < -0.39 is 0 Å². The molecule has 0 aliphatic heterocycles. The van der Waals surface area contributed by atoms with Gasteiger partial charge in [-0.1, -0.05) is 80.6 Å². The Morgan fingerprint density at radius 3 is 1.83 bits per heavy atom. The first-order chi connectivity index (χ1) is 17.1. The van der Waals surface area contributed by atoms with Gasteiger partial charge in [-0.05, 0) is 70.8 Å². The lowest BCUT2D eigenvalue weighted by Crippen LogP contribution is -2.14. The van der Waals surface area contributed by atoms with Gasteiger partial charge in [0.05, 0.1) is 11.0 Å². The van der Waals surface area contributed by atoms with E-state index in [1.807, 2.05) is 0 Å². The fourth-order valence-corrected chi connectivity index (χ4v) is 5.86. The quantitative estimate of drug-likeness (QED) is 0.285. The number of hydrogen-bond donors (Lipinski definition) is 1. The first-order valence-corrected chi connectivity index (χ1v) is 12.2. The van der Waals surface area contributed by atoms with Gasteiger partial charge in [0.2, 0.25) is 0 Å². The Kier molecular flexibility index (Phi) is 4.22. The van der Waals surface area contributed by atoms with Crippen molar-refractivity contribution in [1.82, 2.24) is 4.57 Å². The Bertz CT molecular complexity index is 1680. The molecule has 0 spiro atoms. The van der Waals surface area contributed by atoms with E-state index in [-0.39, 0.29) is 5.41 Å². The van der Waals surface area contributed by atoms with Crippen molar-refractivity contribution >= 4 is 33.2 Å². The van der Waals surface area contributed by atoms with Gasteiger partial charge in [-0.3, -0.25) is 0 Å². The summed E-state index contributed by atoms with van der Waals surface area (Å²) < 4.78 is 2.35. The summed E-state index contributed by atoms with van der Waals surface area (Å²) in [5.74, 6) is 0. The molecule has 7 rings (SSSR count). The number of rotatable bonds is 3. The molecule has 1 aliphatic rings. The van der Waals surface area contributed by atoms with Crippen LogP contribution in [0.3, 0.4) is 0 Å². The topological polar surface area (TPSA) is 17.0 Å². The van der Waals surface area contributed by atoms with Crippen LogP contribution in [0.25, 0.3) is 38.6 Å². The Labute approximate surface area is 205 Å². The van der Waals surface area contributed by atoms with E-state index in [1.165, 1.54) is 44.1 Å². The molecule has 1 heterocycles. The van der Waals surface area contributed by atoms with Crippen molar-refractivity contribution in [2.24, 2.45) is 0 Å². The van der Waals surface area contributed by atoms with Gasteiger partial charge in [-0.15, -0.1) is 0 Å². The fraction of sp³-hybridized carbons (Fsp3) is 0.0909. The zero-order valence-corrected chi connectivity index (χ0v) is 19.9. The molecule has 0 fully saturated rings. The average Bonchev–Trinajstić information content (AvgIpc) is 3.34. The SMILES string of the molecule is CC1(C)c2ccccc2-c2cc(Nc3ccc(-n4c5ccccc5c5ccccc54)cc3)ccc21. The summed E-state index contributed by atoms with van der Waals surface area (Å²) in [5.41, 5.74) is 11.3. The molecule has 1 aliphatic carbocycles. The average molecular weight is 451 g/mol. The molecule has 0 saturated heterocycles. The van der Waals surface area contributed by atoms with Gasteiger partial charge >= 0.3 is 0 Å². The van der Waals surface area contributed by atoms with Crippen LogP contribution in [0.1, 0.15) is 25.0 Å². The minimum absolute atomic E-state index is 0.0361. The Morgan fingerprint density at radius 1 is 0.543 bits per heavy atom. The molecular formula is C33H26N2. The number of nitrogens with one attached hydrogen (secondary N) is 1. The third-order valence-corrected chi connectivity index (χ3v) is 7.58. The van der Waals surface area contributed by atoms with Crippen molar-refractivity contribution in [2.75, 3.05) is 5.32 Å². The second-order valence-electron chi connectivity index (χ2n) is 9.97. The number of anilines is 2. The number of fused-ring (bicyclic) bond motifs is 6. The molecule has 168 valence electrons. The van der Waals surface area contributed by atoms with E-state index >= 15 is 0 Å². The van der Waals surface area contributed by atoms with E-state index in [0.717, 1.165) is 17.1 Å². The summed E-state index contributed by atoms with van der Waals surface area (Å²) >= 11 is 0. The van der Waals surface area contributed by atoms with Crippen molar-refractivity contribution in [3.8, 4) is 16.8 Å². The number of para-hydroxylation sites is 2. The fourth-order valence-electron chi connectivity index (χ4n) is 5.86. The summed E-state index contributed by atoms with van der Waals surface area (Å²) in [6, 6.07) is 41.6. The summed E-state index contributed by atoms with van der Waals surface area (Å²) in [6.45, 7) is 4.64. The zero-order valence-electron chi connectivity index (χ0n) is 19.9. The molecule has 1 N–H and O–H groups in total. The molecule has 0 amide bonds. The maximum Gasteiger partial charge on any atom is 0.0541 e. The summed E-state index contributed by atoms with van der Waals surface area (Å²) in [5, 5.41) is 6.20. The van der Waals surface area contributed by atoms with Gasteiger partial charge in [0.15, 0.2) is 0 Å². The molecule has 2 heteroatoms. The van der Waals surface area contributed by atoms with Gasteiger partial charge in [-0.2, -0.15) is 0 Å². The summed E-state index contributed by atoms with van der Waals surface area (Å²) in [4.78, 5) is 0. The van der Waals surface area contributed by atoms with Crippen LogP contribution < -0.4 is 5.32 Å². The van der Waals surface area contributed by atoms with Gasteiger partial charge in [0.1, 0.15) is 0 Å². The Balaban J connectivity index is 1.25. The Hall–Kier alpha value is -4.30. The maximum absolute atomic E-state index is 3.63. The highest BCUT2D eigenvalue weighted by Gasteiger charge is 2.34. The minimum Gasteiger partial charge on any atom is -0.356 e. The van der Waals surface area contributed by atoms with Gasteiger partial charge < -0.3 is 9.88 Å². The summed E-state index contributed by atoms with van der Waals surface area (Å²) in [6.07, 6.45) is 0. The number of aromatic nitrogens is 1. The Morgan fingerprint density at radius 2 is 1.11 bits per heavy atom. The predicted octanol–water partition coefficient (Wildman–Crippen LogP) is 8.83. The van der Waals surface area contributed by atoms with Crippen molar-refractivity contribution in [1.29, 1.82) is 0 Å². The third-order valence-electron chi connectivity index (χ3n) is 7.58. The van der Waals surface area contributed by atoms with Gasteiger partial charge in [0, 0.05) is 33.2 Å². The van der Waals surface area contributed by atoms with Crippen LogP contribution in [0.5, 0.6) is 0 Å². The smallest absolute Gasteiger partial charge is 0.0541 e. The summed E-state index contributed by atoms with van der Waals surface area (Å²) in [7, 11) is 0. The van der Waals surface area contributed by atoms with Crippen molar-refractivity contribution in [2.45, 2.75) is 19.3 Å². The molecule has 0 atom stereocenters. The second kappa shape index (κ2) is 7.35. The number of nitrogens with zero attached hydrogens (tertiary/aromatic N) is 1. The van der Waals surface area contributed by atoms with Crippen LogP contribution in [0.15, 0.2) is 115 Å². The normalized spacial score (nSPS) is 13.7. The molecule has 1 aromatic heterocycles. The maximum atomic E-state index is 3.63. The first-order valence-electron chi connectivity index (χ1n) is 12.2. The van der Waals surface area contributed by atoms with Crippen LogP contribution in [-0.4, -0.2) is 4.57 Å². The van der Waals surface area contributed by atoms with E-state index in [1.54, 1.807) is 0 Å². The third kappa shape index (κ3) is 2.96. The van der Waals surface area contributed by atoms with Gasteiger partial charge in [-0.25, -0.2) is 0 Å². The largest absolute Gasteiger partial charge is 0.356 e. The minimum atomic E-state index is 0.0361. The van der Waals surface area contributed by atoms with E-state index in [2.05, 4.69) is 139 Å². The molecule has 35 heavy (non-hydrogen) atoms.